The van der Waals surface area contributed by atoms with Crippen molar-refractivity contribution in [1.82, 2.24) is 4.98 Å². The van der Waals surface area contributed by atoms with Crippen molar-refractivity contribution < 1.29 is 15.0 Å². The number of carboxylic acids is 1. The molecule has 0 saturated carbocycles. The average Bonchev–Trinajstić information content (AvgIpc) is 3.08. The van der Waals surface area contributed by atoms with Crippen molar-refractivity contribution in [2.45, 2.75) is 4.34 Å². The Bertz CT molecular complexity index is 1180. The van der Waals surface area contributed by atoms with Gasteiger partial charge in [0.15, 0.2) is 4.34 Å². The first-order chi connectivity index (χ1) is 13.1. The van der Waals surface area contributed by atoms with E-state index in [1.165, 1.54) is 23.1 Å². The van der Waals surface area contributed by atoms with Gasteiger partial charge in [0.2, 0.25) is 0 Å². The van der Waals surface area contributed by atoms with Gasteiger partial charge in [-0.15, -0.1) is 11.3 Å². The molecule has 0 bridgehead atoms. The first-order valence-electron chi connectivity index (χ1n) is 8.10. The summed E-state index contributed by atoms with van der Waals surface area (Å²) in [5, 5.41) is 21.0. The van der Waals surface area contributed by atoms with E-state index in [1.807, 2.05) is 48.5 Å². The fourth-order valence-corrected chi connectivity index (χ4v) is 4.54. The van der Waals surface area contributed by atoms with E-state index in [1.54, 1.807) is 12.3 Å². The molecule has 0 spiro atoms. The number of hydrogen-bond donors (Lipinski definition) is 2. The first-order valence-corrected chi connectivity index (χ1v) is 9.90. The normalized spacial score (nSPS) is 11.6. The topological polar surface area (TPSA) is 82.8 Å². The molecule has 0 aliphatic carbocycles. The van der Waals surface area contributed by atoms with Crippen LogP contribution in [0, 0.1) is 0 Å². The van der Waals surface area contributed by atoms with E-state index in [4.69, 9.17) is 5.11 Å². The molecule has 5 nitrogen and oxygen atoms in total. The summed E-state index contributed by atoms with van der Waals surface area (Å²) >= 11 is 2.66. The second kappa shape index (κ2) is 7.38. The number of hydrogen-bond acceptors (Lipinski definition) is 6. The molecule has 0 radical (unpaired) electrons. The van der Waals surface area contributed by atoms with Crippen LogP contribution >= 0.6 is 23.1 Å². The number of aromatic nitrogens is 1. The lowest BCUT2D eigenvalue weighted by molar-refractivity contribution is -0.133. The van der Waals surface area contributed by atoms with E-state index in [0.29, 0.717) is 5.56 Å². The molecule has 2 N–H and O–H groups in total. The molecule has 27 heavy (non-hydrogen) atoms. The molecule has 0 aliphatic heterocycles. The Morgan fingerprint density at radius 2 is 2.04 bits per heavy atom. The third kappa shape index (κ3) is 3.79. The quantitative estimate of drug-likeness (QED) is 0.364. The molecule has 1 aromatic heterocycles. The summed E-state index contributed by atoms with van der Waals surface area (Å²) < 4.78 is 1.67. The maximum Gasteiger partial charge on any atom is 0.313 e. The van der Waals surface area contributed by atoms with Crippen molar-refractivity contribution in [2.75, 3.05) is 5.75 Å². The SMILES string of the molecule is O=C(O)CSc1nc2ccc(N=Cc3c(O)ccc4ccccc34)cc2s1. The van der Waals surface area contributed by atoms with Gasteiger partial charge >= 0.3 is 5.97 Å². The Labute approximate surface area is 163 Å². The van der Waals surface area contributed by atoms with Gasteiger partial charge in [0.25, 0.3) is 0 Å². The third-order valence-electron chi connectivity index (χ3n) is 3.96. The standard InChI is InChI=1S/C20H14N2O3S2/c23-17-8-5-12-3-1-2-4-14(12)15(17)10-21-13-6-7-16-18(9-13)27-20(22-16)26-11-19(24)25/h1-10,23H,11H2,(H,24,25). The molecule has 4 rings (SSSR count). The molecule has 7 heteroatoms. The summed E-state index contributed by atoms with van der Waals surface area (Å²) in [5.41, 5.74) is 2.24. The van der Waals surface area contributed by atoms with Gasteiger partial charge < -0.3 is 10.2 Å². The number of carboxylic acid groups (broad SMARTS) is 1. The Kier molecular flexibility index (Phi) is 4.79. The minimum atomic E-state index is -0.862. The number of aliphatic imine (C=N–C) groups is 1. The summed E-state index contributed by atoms with van der Waals surface area (Å²) in [6.45, 7) is 0. The van der Waals surface area contributed by atoms with E-state index in [9.17, 15) is 9.90 Å². The Morgan fingerprint density at radius 3 is 2.89 bits per heavy atom. The van der Waals surface area contributed by atoms with Crippen LogP contribution < -0.4 is 0 Å². The van der Waals surface area contributed by atoms with Crippen LogP contribution in [0.1, 0.15) is 5.56 Å². The number of nitrogens with zero attached hydrogens (tertiary/aromatic N) is 2. The zero-order valence-corrected chi connectivity index (χ0v) is 15.6. The maximum atomic E-state index is 10.7. The Hall–Kier alpha value is -2.90. The number of thiazole rings is 1. The Balaban J connectivity index is 1.65. The van der Waals surface area contributed by atoms with Gasteiger partial charge in [-0.3, -0.25) is 9.79 Å². The summed E-state index contributed by atoms with van der Waals surface area (Å²) in [4.78, 5) is 19.6. The smallest absolute Gasteiger partial charge is 0.313 e. The van der Waals surface area contributed by atoms with Crippen LogP contribution in [-0.2, 0) is 4.79 Å². The number of benzene rings is 3. The lowest BCUT2D eigenvalue weighted by atomic mass is 10.0. The number of fused-ring (bicyclic) bond motifs is 2. The van der Waals surface area contributed by atoms with E-state index in [0.717, 1.165) is 31.0 Å². The summed E-state index contributed by atoms with van der Waals surface area (Å²) in [5.74, 6) is -0.686. The molecule has 0 fully saturated rings. The fourth-order valence-electron chi connectivity index (χ4n) is 2.72. The third-order valence-corrected chi connectivity index (χ3v) is 6.11. The first kappa shape index (κ1) is 17.5. The molecule has 0 unspecified atom stereocenters. The van der Waals surface area contributed by atoms with Gasteiger partial charge in [-0.2, -0.15) is 0 Å². The molecule has 0 atom stereocenters. The molecule has 0 saturated heterocycles. The molecule has 3 aromatic carbocycles. The largest absolute Gasteiger partial charge is 0.507 e. The lowest BCUT2D eigenvalue weighted by Crippen LogP contribution is -1.96. The van der Waals surface area contributed by atoms with Crippen LogP contribution in [0.4, 0.5) is 5.69 Å². The van der Waals surface area contributed by atoms with Crippen LogP contribution in [0.15, 0.2) is 63.9 Å². The van der Waals surface area contributed by atoms with Crippen molar-refractivity contribution in [1.29, 1.82) is 0 Å². The molecular formula is C20H14N2O3S2. The van der Waals surface area contributed by atoms with Crippen LogP contribution in [0.2, 0.25) is 0 Å². The van der Waals surface area contributed by atoms with Crippen molar-refractivity contribution in [3.05, 3.63) is 60.2 Å². The van der Waals surface area contributed by atoms with E-state index >= 15 is 0 Å². The highest BCUT2D eigenvalue weighted by Gasteiger charge is 2.08. The van der Waals surface area contributed by atoms with Gasteiger partial charge in [-0.1, -0.05) is 42.1 Å². The van der Waals surface area contributed by atoms with Gasteiger partial charge in [0.05, 0.1) is 21.7 Å². The molecule has 0 aliphatic rings. The van der Waals surface area contributed by atoms with Crippen LogP contribution in [-0.4, -0.2) is 33.1 Å². The van der Waals surface area contributed by atoms with Gasteiger partial charge in [-0.25, -0.2) is 4.98 Å². The second-order valence-corrected chi connectivity index (χ2v) is 8.05. The number of aromatic hydroxyl groups is 1. The summed E-state index contributed by atoms with van der Waals surface area (Å²) in [7, 11) is 0. The van der Waals surface area contributed by atoms with Gasteiger partial charge in [0.1, 0.15) is 5.75 Å². The van der Waals surface area contributed by atoms with Crippen LogP contribution in [0.25, 0.3) is 21.0 Å². The van der Waals surface area contributed by atoms with Gasteiger partial charge in [-0.05, 0) is 35.0 Å². The minimum absolute atomic E-state index is 0.00874. The number of carbonyl (C=O) groups is 1. The molecule has 0 amide bonds. The highest BCUT2D eigenvalue weighted by atomic mass is 32.2. The predicted octanol–water partition coefficient (Wildman–Crippen LogP) is 5.08. The second-order valence-electron chi connectivity index (χ2n) is 5.79. The highest BCUT2D eigenvalue weighted by Crippen LogP contribution is 2.32. The Morgan fingerprint density at radius 1 is 1.19 bits per heavy atom. The highest BCUT2D eigenvalue weighted by molar-refractivity contribution is 8.01. The number of thioether (sulfide) groups is 1. The van der Waals surface area contributed by atoms with E-state index < -0.39 is 5.97 Å². The summed E-state index contributed by atoms with van der Waals surface area (Å²) in [6.07, 6.45) is 1.67. The summed E-state index contributed by atoms with van der Waals surface area (Å²) in [6, 6.07) is 17.0. The fraction of sp³-hybridized carbons (Fsp3) is 0.0500. The van der Waals surface area contributed by atoms with Gasteiger partial charge in [0, 0.05) is 11.8 Å². The molecule has 4 aromatic rings. The lowest BCUT2D eigenvalue weighted by Gasteiger charge is -2.04. The van der Waals surface area contributed by atoms with Crippen LogP contribution in [0.3, 0.4) is 0 Å². The molecule has 1 heterocycles. The zero-order chi connectivity index (χ0) is 18.8. The van der Waals surface area contributed by atoms with Crippen LogP contribution in [0.5, 0.6) is 5.75 Å². The van der Waals surface area contributed by atoms with Crippen molar-refractivity contribution in [2.24, 2.45) is 4.99 Å². The van der Waals surface area contributed by atoms with E-state index in [-0.39, 0.29) is 11.5 Å². The maximum absolute atomic E-state index is 10.7. The zero-order valence-electron chi connectivity index (χ0n) is 14.0. The predicted molar refractivity (Wildman–Crippen MR) is 111 cm³/mol. The number of aliphatic carboxylic acids is 1. The molecule has 134 valence electrons. The van der Waals surface area contributed by atoms with E-state index in [2.05, 4.69) is 9.98 Å². The average molecular weight is 394 g/mol. The number of phenols is 1. The number of phenolic OH excluding ortho intramolecular Hbond substituents is 1. The van der Waals surface area contributed by atoms with Crippen molar-refractivity contribution >= 4 is 62.0 Å². The van der Waals surface area contributed by atoms with Crippen molar-refractivity contribution in [3.8, 4) is 5.75 Å². The monoisotopic (exact) mass is 394 g/mol. The van der Waals surface area contributed by atoms with Crippen molar-refractivity contribution in [3.63, 3.8) is 0 Å². The minimum Gasteiger partial charge on any atom is -0.507 e. The number of rotatable bonds is 5. The molecular weight excluding hydrogens is 380 g/mol.